The van der Waals surface area contributed by atoms with Crippen molar-refractivity contribution in [1.82, 2.24) is 5.32 Å². The van der Waals surface area contributed by atoms with Crippen LogP contribution in [-0.4, -0.2) is 13.1 Å². The molecule has 1 heteroatoms. The van der Waals surface area contributed by atoms with Crippen LogP contribution in [0.3, 0.4) is 0 Å². The van der Waals surface area contributed by atoms with Crippen molar-refractivity contribution in [3.05, 3.63) is 69.8 Å². The van der Waals surface area contributed by atoms with Crippen molar-refractivity contribution in [3.63, 3.8) is 0 Å². The van der Waals surface area contributed by atoms with Crippen LogP contribution in [0.5, 0.6) is 0 Å². The van der Waals surface area contributed by atoms with Gasteiger partial charge < -0.3 is 5.32 Å². The van der Waals surface area contributed by atoms with E-state index in [0.717, 1.165) is 12.8 Å². The second kappa shape index (κ2) is 6.91. The molecule has 1 unspecified atom stereocenters. The standard InChI is InChI=1S/C20H27N/c1-14-6-7-17(4)19(11-14)13-20(21-5)12-18-9-15(2)8-16(3)10-18/h6-11,20-21H,12-13H2,1-5H3. The summed E-state index contributed by atoms with van der Waals surface area (Å²) in [5.74, 6) is 0. The molecular weight excluding hydrogens is 254 g/mol. The lowest BCUT2D eigenvalue weighted by Gasteiger charge is -2.19. The smallest absolute Gasteiger partial charge is 0.0145 e. The highest BCUT2D eigenvalue weighted by Crippen LogP contribution is 2.16. The molecule has 0 bridgehead atoms. The van der Waals surface area contributed by atoms with E-state index in [2.05, 4.69) is 76.5 Å². The van der Waals surface area contributed by atoms with E-state index in [4.69, 9.17) is 0 Å². The Balaban J connectivity index is 2.14. The largest absolute Gasteiger partial charge is 0.316 e. The zero-order valence-electron chi connectivity index (χ0n) is 14.0. The molecule has 21 heavy (non-hydrogen) atoms. The number of hydrogen-bond donors (Lipinski definition) is 1. The Morgan fingerprint density at radius 1 is 0.810 bits per heavy atom. The maximum Gasteiger partial charge on any atom is 0.0145 e. The molecule has 0 saturated heterocycles. The van der Waals surface area contributed by atoms with E-state index in [9.17, 15) is 0 Å². The van der Waals surface area contributed by atoms with Gasteiger partial charge in [0.15, 0.2) is 0 Å². The molecule has 0 spiro atoms. The molecule has 0 aliphatic carbocycles. The first kappa shape index (κ1) is 15.8. The van der Waals surface area contributed by atoms with E-state index in [-0.39, 0.29) is 0 Å². The van der Waals surface area contributed by atoms with Crippen molar-refractivity contribution in [2.45, 2.75) is 46.6 Å². The number of benzene rings is 2. The summed E-state index contributed by atoms with van der Waals surface area (Å²) in [6.07, 6.45) is 2.16. The summed E-state index contributed by atoms with van der Waals surface area (Å²) in [6, 6.07) is 14.1. The third-order valence-corrected chi connectivity index (χ3v) is 4.14. The van der Waals surface area contributed by atoms with Crippen LogP contribution >= 0.6 is 0 Å². The SMILES string of the molecule is CNC(Cc1cc(C)cc(C)c1)Cc1cc(C)ccc1C. The maximum atomic E-state index is 3.48. The molecule has 2 aromatic rings. The number of nitrogens with one attached hydrogen (secondary N) is 1. The molecule has 1 nitrogen and oxygen atoms in total. The van der Waals surface area contributed by atoms with E-state index in [0.29, 0.717) is 6.04 Å². The third kappa shape index (κ3) is 4.44. The molecule has 1 atom stereocenters. The first-order chi connectivity index (χ1) is 9.97. The van der Waals surface area contributed by atoms with Crippen LogP contribution in [0.2, 0.25) is 0 Å². The Hall–Kier alpha value is -1.60. The Kier molecular flexibility index (Phi) is 5.19. The highest BCUT2D eigenvalue weighted by molar-refractivity contribution is 5.32. The lowest BCUT2D eigenvalue weighted by atomic mass is 9.94. The monoisotopic (exact) mass is 281 g/mol. The fraction of sp³-hybridized carbons (Fsp3) is 0.400. The molecule has 0 saturated carbocycles. The molecule has 0 heterocycles. The van der Waals surface area contributed by atoms with E-state index in [1.807, 2.05) is 0 Å². The van der Waals surface area contributed by atoms with Gasteiger partial charge in [-0.2, -0.15) is 0 Å². The van der Waals surface area contributed by atoms with Gasteiger partial charge in [-0.1, -0.05) is 53.1 Å². The van der Waals surface area contributed by atoms with Gasteiger partial charge in [-0.15, -0.1) is 0 Å². The zero-order chi connectivity index (χ0) is 15.4. The van der Waals surface area contributed by atoms with Gasteiger partial charge in [0.25, 0.3) is 0 Å². The number of likely N-dealkylation sites (N-methyl/N-ethyl adjacent to an activating group) is 1. The van der Waals surface area contributed by atoms with Crippen molar-refractivity contribution in [3.8, 4) is 0 Å². The summed E-state index contributed by atoms with van der Waals surface area (Å²) in [5, 5.41) is 3.48. The minimum Gasteiger partial charge on any atom is -0.316 e. The van der Waals surface area contributed by atoms with Crippen molar-refractivity contribution in [2.75, 3.05) is 7.05 Å². The Morgan fingerprint density at radius 2 is 1.48 bits per heavy atom. The summed E-state index contributed by atoms with van der Waals surface area (Å²) in [6.45, 7) is 8.73. The molecule has 0 amide bonds. The first-order valence-electron chi connectivity index (χ1n) is 7.78. The Labute approximate surface area is 129 Å². The minimum atomic E-state index is 0.478. The van der Waals surface area contributed by atoms with Crippen LogP contribution in [0.1, 0.15) is 33.4 Å². The van der Waals surface area contributed by atoms with Crippen LogP contribution in [0.4, 0.5) is 0 Å². The van der Waals surface area contributed by atoms with E-state index in [1.54, 1.807) is 0 Å². The van der Waals surface area contributed by atoms with Gasteiger partial charge in [-0.25, -0.2) is 0 Å². The Morgan fingerprint density at radius 3 is 2.10 bits per heavy atom. The second-order valence-corrected chi connectivity index (χ2v) is 6.32. The van der Waals surface area contributed by atoms with Gasteiger partial charge in [0.05, 0.1) is 0 Å². The second-order valence-electron chi connectivity index (χ2n) is 6.32. The molecule has 0 aromatic heterocycles. The highest BCUT2D eigenvalue weighted by atomic mass is 14.9. The summed E-state index contributed by atoms with van der Waals surface area (Å²) in [5.41, 5.74) is 8.33. The van der Waals surface area contributed by atoms with Gasteiger partial charge >= 0.3 is 0 Å². The predicted octanol–water partition coefficient (Wildman–Crippen LogP) is 4.29. The molecule has 2 aromatic carbocycles. The quantitative estimate of drug-likeness (QED) is 0.862. The molecule has 0 fully saturated rings. The molecule has 112 valence electrons. The van der Waals surface area contributed by atoms with Gasteiger partial charge in [0.1, 0.15) is 0 Å². The molecular formula is C20H27N. The van der Waals surface area contributed by atoms with Crippen LogP contribution < -0.4 is 5.32 Å². The normalized spacial score (nSPS) is 12.4. The van der Waals surface area contributed by atoms with Gasteiger partial charge in [0, 0.05) is 6.04 Å². The van der Waals surface area contributed by atoms with Crippen LogP contribution in [0.25, 0.3) is 0 Å². The van der Waals surface area contributed by atoms with Crippen molar-refractivity contribution < 1.29 is 0 Å². The van der Waals surface area contributed by atoms with E-state index in [1.165, 1.54) is 33.4 Å². The maximum absolute atomic E-state index is 3.48. The number of rotatable bonds is 5. The predicted molar refractivity (Wildman–Crippen MR) is 92.1 cm³/mol. The van der Waals surface area contributed by atoms with Gasteiger partial charge in [-0.3, -0.25) is 0 Å². The van der Waals surface area contributed by atoms with Crippen molar-refractivity contribution in [1.29, 1.82) is 0 Å². The number of hydrogen-bond acceptors (Lipinski definition) is 1. The van der Waals surface area contributed by atoms with E-state index >= 15 is 0 Å². The Bertz CT molecular complexity index is 593. The van der Waals surface area contributed by atoms with Gasteiger partial charge in [-0.05, 0) is 64.3 Å². The third-order valence-electron chi connectivity index (χ3n) is 4.14. The summed E-state index contributed by atoms with van der Waals surface area (Å²) in [7, 11) is 2.07. The van der Waals surface area contributed by atoms with Crippen LogP contribution in [-0.2, 0) is 12.8 Å². The van der Waals surface area contributed by atoms with E-state index < -0.39 is 0 Å². The topological polar surface area (TPSA) is 12.0 Å². The lowest BCUT2D eigenvalue weighted by Crippen LogP contribution is -2.30. The lowest BCUT2D eigenvalue weighted by molar-refractivity contribution is 0.555. The molecule has 2 rings (SSSR count). The zero-order valence-corrected chi connectivity index (χ0v) is 14.0. The van der Waals surface area contributed by atoms with Crippen molar-refractivity contribution >= 4 is 0 Å². The highest BCUT2D eigenvalue weighted by Gasteiger charge is 2.11. The molecule has 0 aliphatic rings. The summed E-state index contributed by atoms with van der Waals surface area (Å²) in [4.78, 5) is 0. The number of aryl methyl sites for hydroxylation is 4. The van der Waals surface area contributed by atoms with Crippen molar-refractivity contribution in [2.24, 2.45) is 0 Å². The van der Waals surface area contributed by atoms with Crippen LogP contribution in [0.15, 0.2) is 36.4 Å². The first-order valence-corrected chi connectivity index (χ1v) is 7.78. The minimum absolute atomic E-state index is 0.478. The van der Waals surface area contributed by atoms with Crippen LogP contribution in [0, 0.1) is 27.7 Å². The average Bonchev–Trinajstić information content (AvgIpc) is 2.41. The summed E-state index contributed by atoms with van der Waals surface area (Å²) >= 11 is 0. The summed E-state index contributed by atoms with van der Waals surface area (Å²) < 4.78 is 0. The fourth-order valence-corrected chi connectivity index (χ4v) is 3.03. The molecule has 0 radical (unpaired) electrons. The molecule has 1 N–H and O–H groups in total. The molecule has 0 aliphatic heterocycles. The average molecular weight is 281 g/mol. The fourth-order valence-electron chi connectivity index (χ4n) is 3.03. The van der Waals surface area contributed by atoms with Gasteiger partial charge in [0.2, 0.25) is 0 Å².